The van der Waals surface area contributed by atoms with E-state index < -0.39 is 0 Å². The van der Waals surface area contributed by atoms with Gasteiger partial charge in [-0.05, 0) is 58.3 Å². The van der Waals surface area contributed by atoms with Crippen molar-refractivity contribution >= 4 is 54.2 Å². The molecule has 178 valence electrons. The van der Waals surface area contributed by atoms with Gasteiger partial charge in [-0.3, -0.25) is 4.98 Å². The number of aromatic nitrogens is 2. The van der Waals surface area contributed by atoms with Crippen LogP contribution in [0.15, 0.2) is 41.9 Å². The number of rotatable bonds is 10. The minimum atomic E-state index is 0. The first-order valence-corrected chi connectivity index (χ1v) is 10.7. The summed E-state index contributed by atoms with van der Waals surface area (Å²) in [5, 5.41) is 6.40. The Kier molecular flexibility index (Phi) is 14.3. The van der Waals surface area contributed by atoms with E-state index in [4.69, 9.17) is 14.5 Å². The van der Waals surface area contributed by atoms with Gasteiger partial charge in [0.05, 0.1) is 18.9 Å². The Balaban J connectivity index is 0.00000320. The number of anilines is 1. The Labute approximate surface area is 213 Å². The van der Waals surface area contributed by atoms with Crippen LogP contribution in [0, 0.1) is 0 Å². The van der Waals surface area contributed by atoms with E-state index in [1.165, 1.54) is 0 Å². The lowest BCUT2D eigenvalue weighted by Gasteiger charge is -2.11. The van der Waals surface area contributed by atoms with Gasteiger partial charge in [0.1, 0.15) is 10.7 Å². The van der Waals surface area contributed by atoms with Crippen LogP contribution in [-0.2, 0) is 0 Å². The smallest absolute Gasteiger partial charge is 0.161 e. The molecule has 1 aromatic carbocycles. The molecule has 10 heteroatoms. The largest absolute Gasteiger partial charge is 0.490 e. The maximum absolute atomic E-state index is 5.74. The first-order chi connectivity index (χ1) is 14.1. The quantitative estimate of drug-likeness (QED) is 0.358. The number of hydrogen-bond acceptors (Lipinski definition) is 7. The number of pyridine rings is 1. The molecular weight excluding hydrogens is 491 g/mol. The molecule has 0 aliphatic rings. The number of nitrogens with one attached hydrogen (secondary N) is 1. The van der Waals surface area contributed by atoms with E-state index in [0.717, 1.165) is 52.2 Å². The van der Waals surface area contributed by atoms with E-state index in [1.807, 2.05) is 55.8 Å². The van der Waals surface area contributed by atoms with Crippen molar-refractivity contribution in [2.45, 2.75) is 13.8 Å². The van der Waals surface area contributed by atoms with Crippen LogP contribution >= 0.6 is 48.6 Å². The van der Waals surface area contributed by atoms with Crippen molar-refractivity contribution < 1.29 is 9.47 Å². The minimum Gasteiger partial charge on any atom is -0.490 e. The maximum atomic E-state index is 5.74. The van der Waals surface area contributed by atoms with Gasteiger partial charge in [0, 0.05) is 35.9 Å². The number of hydrogen-bond donors (Lipinski definition) is 1. The van der Waals surface area contributed by atoms with Crippen molar-refractivity contribution in [1.82, 2.24) is 14.9 Å². The zero-order chi connectivity index (χ0) is 20.6. The van der Waals surface area contributed by atoms with Crippen LogP contribution < -0.4 is 14.8 Å². The van der Waals surface area contributed by atoms with Crippen molar-refractivity contribution in [2.75, 3.05) is 45.7 Å². The highest BCUT2D eigenvalue weighted by Gasteiger charge is 2.12. The summed E-state index contributed by atoms with van der Waals surface area (Å²) in [7, 11) is 4.13. The molecule has 6 nitrogen and oxygen atoms in total. The molecule has 1 N–H and O–H groups in total. The monoisotopic (exact) mass is 520 g/mol. The van der Waals surface area contributed by atoms with E-state index in [-0.39, 0.29) is 37.2 Å². The van der Waals surface area contributed by atoms with Crippen LogP contribution in [0.4, 0.5) is 5.69 Å². The van der Waals surface area contributed by atoms with E-state index in [2.05, 4.69) is 29.3 Å². The van der Waals surface area contributed by atoms with Gasteiger partial charge in [-0.2, -0.15) is 0 Å². The first kappa shape index (κ1) is 30.2. The van der Waals surface area contributed by atoms with E-state index in [0.29, 0.717) is 13.2 Å². The SMILES string of the molecule is CCOc1ccc(-c2nc(-c3cc(NCCN(C)C)ccn3)cs2)cc1OCC.Cl.Cl.Cl. The van der Waals surface area contributed by atoms with Crippen LogP contribution in [-0.4, -0.2) is 55.3 Å². The molecule has 3 aromatic rings. The van der Waals surface area contributed by atoms with Gasteiger partial charge in [0.2, 0.25) is 0 Å². The van der Waals surface area contributed by atoms with Crippen molar-refractivity contribution in [2.24, 2.45) is 0 Å². The Hall–Kier alpha value is -1.77. The highest BCUT2D eigenvalue weighted by atomic mass is 35.5. The predicted octanol–water partition coefficient (Wildman–Crippen LogP) is 5.91. The lowest BCUT2D eigenvalue weighted by molar-refractivity contribution is 0.288. The molecule has 0 unspecified atom stereocenters. The normalized spacial score (nSPS) is 9.91. The third-order valence-electron chi connectivity index (χ3n) is 4.21. The molecule has 32 heavy (non-hydrogen) atoms. The van der Waals surface area contributed by atoms with Gasteiger partial charge in [0.15, 0.2) is 11.5 Å². The van der Waals surface area contributed by atoms with Crippen LogP contribution in [0.25, 0.3) is 22.0 Å². The fourth-order valence-electron chi connectivity index (χ4n) is 2.81. The summed E-state index contributed by atoms with van der Waals surface area (Å²) in [5.74, 6) is 1.50. The number of nitrogens with zero attached hydrogens (tertiary/aromatic N) is 3. The average Bonchev–Trinajstić information content (AvgIpc) is 3.20. The average molecular weight is 522 g/mol. The molecular formula is C22H31Cl3N4O2S. The standard InChI is InChI=1S/C22H28N4O2S.3ClH/c1-5-27-20-8-7-16(13-21(20)28-6-2)22-25-19(15-29-22)18-14-17(9-10-24-18)23-11-12-26(3)4;;;/h7-10,13-15H,5-6,11-12H2,1-4H3,(H,23,24);3*1H. The zero-order valence-electron chi connectivity index (χ0n) is 18.7. The van der Waals surface area contributed by atoms with Gasteiger partial charge < -0.3 is 19.7 Å². The zero-order valence-corrected chi connectivity index (χ0v) is 21.9. The van der Waals surface area contributed by atoms with Crippen LogP contribution in [0.1, 0.15) is 13.8 Å². The van der Waals surface area contributed by atoms with Gasteiger partial charge >= 0.3 is 0 Å². The Bertz CT molecular complexity index is 941. The first-order valence-electron chi connectivity index (χ1n) is 9.81. The summed E-state index contributed by atoms with van der Waals surface area (Å²) in [4.78, 5) is 11.4. The third kappa shape index (κ3) is 8.30. The number of halogens is 3. The lowest BCUT2D eigenvalue weighted by Crippen LogP contribution is -2.20. The van der Waals surface area contributed by atoms with Gasteiger partial charge in [-0.15, -0.1) is 48.6 Å². The molecule has 0 bridgehead atoms. The van der Waals surface area contributed by atoms with Crippen molar-refractivity contribution in [1.29, 1.82) is 0 Å². The minimum absolute atomic E-state index is 0. The molecule has 0 spiro atoms. The molecule has 0 aliphatic heterocycles. The number of benzene rings is 1. The Morgan fingerprint density at radius 3 is 2.34 bits per heavy atom. The summed E-state index contributed by atoms with van der Waals surface area (Å²) < 4.78 is 11.4. The van der Waals surface area contributed by atoms with Gasteiger partial charge in [-0.1, -0.05) is 0 Å². The van der Waals surface area contributed by atoms with E-state index in [1.54, 1.807) is 11.3 Å². The van der Waals surface area contributed by atoms with Crippen LogP contribution in [0.2, 0.25) is 0 Å². The number of likely N-dealkylation sites (N-methyl/N-ethyl adjacent to an activating group) is 1. The van der Waals surface area contributed by atoms with E-state index >= 15 is 0 Å². The topological polar surface area (TPSA) is 59.5 Å². The molecule has 2 heterocycles. The lowest BCUT2D eigenvalue weighted by atomic mass is 10.2. The number of ether oxygens (including phenoxy) is 2. The van der Waals surface area contributed by atoms with Crippen molar-refractivity contribution in [3.8, 4) is 33.5 Å². The third-order valence-corrected chi connectivity index (χ3v) is 5.10. The molecule has 2 aromatic heterocycles. The molecule has 0 radical (unpaired) electrons. The van der Waals surface area contributed by atoms with Crippen LogP contribution in [0.3, 0.4) is 0 Å². The molecule has 0 aliphatic carbocycles. The predicted molar refractivity (Wildman–Crippen MR) is 142 cm³/mol. The molecule has 0 saturated heterocycles. The van der Waals surface area contributed by atoms with Crippen LogP contribution in [0.5, 0.6) is 11.5 Å². The highest BCUT2D eigenvalue weighted by molar-refractivity contribution is 7.13. The van der Waals surface area contributed by atoms with Gasteiger partial charge in [-0.25, -0.2) is 4.98 Å². The second-order valence-electron chi connectivity index (χ2n) is 6.73. The van der Waals surface area contributed by atoms with Gasteiger partial charge in [0.25, 0.3) is 0 Å². The van der Waals surface area contributed by atoms with E-state index in [9.17, 15) is 0 Å². The summed E-state index contributed by atoms with van der Waals surface area (Å²) >= 11 is 1.60. The second-order valence-corrected chi connectivity index (χ2v) is 7.58. The van der Waals surface area contributed by atoms with Crippen molar-refractivity contribution in [3.05, 3.63) is 41.9 Å². The maximum Gasteiger partial charge on any atom is 0.161 e. The Morgan fingerprint density at radius 2 is 1.66 bits per heavy atom. The molecule has 0 atom stereocenters. The fourth-order valence-corrected chi connectivity index (χ4v) is 3.62. The van der Waals surface area contributed by atoms with Crippen molar-refractivity contribution in [3.63, 3.8) is 0 Å². The molecule has 0 amide bonds. The second kappa shape index (κ2) is 15.1. The Morgan fingerprint density at radius 1 is 0.938 bits per heavy atom. The highest BCUT2D eigenvalue weighted by Crippen LogP contribution is 2.35. The summed E-state index contributed by atoms with van der Waals surface area (Å²) in [6.45, 7) is 6.97. The molecule has 0 fully saturated rings. The summed E-state index contributed by atoms with van der Waals surface area (Å²) in [6.07, 6.45) is 1.82. The number of thiazole rings is 1. The fraction of sp³-hybridized carbons (Fsp3) is 0.364. The summed E-state index contributed by atoms with van der Waals surface area (Å²) in [6, 6.07) is 9.97. The summed E-state index contributed by atoms with van der Waals surface area (Å²) in [5.41, 5.74) is 3.78. The molecule has 0 saturated carbocycles. The molecule has 3 rings (SSSR count).